The maximum Gasteiger partial charge on any atom is 0.00390 e. The maximum atomic E-state index is 5.93. The molecule has 0 saturated heterocycles. The van der Waals surface area contributed by atoms with Gasteiger partial charge in [-0.2, -0.15) is 0 Å². The summed E-state index contributed by atoms with van der Waals surface area (Å²) in [4.78, 5) is 0. The molecule has 0 aliphatic heterocycles. The van der Waals surface area contributed by atoms with E-state index in [9.17, 15) is 0 Å². The lowest BCUT2D eigenvalue weighted by atomic mass is 9.72. The molecule has 0 bridgehead atoms. The summed E-state index contributed by atoms with van der Waals surface area (Å²) in [6, 6.07) is 0.528. The quantitative estimate of drug-likeness (QED) is 0.661. The van der Waals surface area contributed by atoms with E-state index in [1.54, 1.807) is 0 Å². The van der Waals surface area contributed by atoms with Gasteiger partial charge in [-0.25, -0.2) is 0 Å². The van der Waals surface area contributed by atoms with Crippen molar-refractivity contribution in [3.63, 3.8) is 0 Å². The van der Waals surface area contributed by atoms with E-state index in [0.29, 0.717) is 6.04 Å². The molecule has 2 N–H and O–H groups in total. The van der Waals surface area contributed by atoms with Crippen LogP contribution in [0.5, 0.6) is 0 Å². The standard InChI is InChI=1S/C12H23N/c13-12-8-6-11(7-9-12)10-4-2-1-3-5-10/h10-12H,1-9,13H2/t11-,12+. The molecule has 0 aromatic heterocycles. The van der Waals surface area contributed by atoms with E-state index in [4.69, 9.17) is 5.73 Å². The highest BCUT2D eigenvalue weighted by Gasteiger charge is 2.26. The molecule has 0 aromatic rings. The van der Waals surface area contributed by atoms with E-state index in [2.05, 4.69) is 0 Å². The summed E-state index contributed by atoms with van der Waals surface area (Å²) in [7, 11) is 0. The van der Waals surface area contributed by atoms with Crippen molar-refractivity contribution in [3.05, 3.63) is 0 Å². The van der Waals surface area contributed by atoms with E-state index < -0.39 is 0 Å². The molecule has 0 spiro atoms. The van der Waals surface area contributed by atoms with Gasteiger partial charge in [0.1, 0.15) is 0 Å². The molecule has 0 heterocycles. The Bertz CT molecular complexity index is 141. The van der Waals surface area contributed by atoms with Gasteiger partial charge in [-0.05, 0) is 37.5 Å². The average Bonchev–Trinajstić information content (AvgIpc) is 2.20. The van der Waals surface area contributed by atoms with Crippen molar-refractivity contribution in [1.82, 2.24) is 0 Å². The molecular formula is C12H23N. The minimum Gasteiger partial charge on any atom is -0.328 e. The van der Waals surface area contributed by atoms with Crippen LogP contribution in [-0.4, -0.2) is 6.04 Å². The third-order valence-electron chi connectivity index (χ3n) is 4.13. The highest BCUT2D eigenvalue weighted by atomic mass is 14.6. The van der Waals surface area contributed by atoms with Crippen molar-refractivity contribution in [1.29, 1.82) is 0 Å². The molecule has 2 aliphatic carbocycles. The van der Waals surface area contributed by atoms with E-state index in [0.717, 1.165) is 11.8 Å². The smallest absolute Gasteiger partial charge is 0.00390 e. The van der Waals surface area contributed by atoms with Gasteiger partial charge in [0, 0.05) is 6.04 Å². The molecule has 1 nitrogen and oxygen atoms in total. The molecule has 1 heteroatoms. The van der Waals surface area contributed by atoms with Crippen LogP contribution in [0.25, 0.3) is 0 Å². The molecule has 13 heavy (non-hydrogen) atoms. The van der Waals surface area contributed by atoms with Gasteiger partial charge in [0.25, 0.3) is 0 Å². The van der Waals surface area contributed by atoms with Crippen LogP contribution in [-0.2, 0) is 0 Å². The van der Waals surface area contributed by atoms with Crippen molar-refractivity contribution in [2.24, 2.45) is 17.6 Å². The largest absolute Gasteiger partial charge is 0.328 e. The van der Waals surface area contributed by atoms with Crippen LogP contribution < -0.4 is 5.73 Å². The van der Waals surface area contributed by atoms with E-state index in [-0.39, 0.29) is 0 Å². The van der Waals surface area contributed by atoms with E-state index in [1.165, 1.54) is 57.8 Å². The monoisotopic (exact) mass is 181 g/mol. The zero-order valence-electron chi connectivity index (χ0n) is 8.67. The van der Waals surface area contributed by atoms with Crippen LogP contribution >= 0.6 is 0 Å². The first-order chi connectivity index (χ1) is 6.36. The molecule has 0 amide bonds. The van der Waals surface area contributed by atoms with Crippen LogP contribution in [0.3, 0.4) is 0 Å². The molecule has 0 aromatic carbocycles. The zero-order chi connectivity index (χ0) is 9.10. The van der Waals surface area contributed by atoms with Crippen LogP contribution in [0.1, 0.15) is 57.8 Å². The second-order valence-electron chi connectivity index (χ2n) is 5.07. The molecule has 2 saturated carbocycles. The van der Waals surface area contributed by atoms with Gasteiger partial charge in [0.2, 0.25) is 0 Å². The van der Waals surface area contributed by atoms with Crippen LogP contribution in [0.2, 0.25) is 0 Å². The Balaban J connectivity index is 1.79. The molecule has 2 aliphatic rings. The van der Waals surface area contributed by atoms with E-state index >= 15 is 0 Å². The molecule has 76 valence electrons. The molecule has 2 rings (SSSR count). The molecular weight excluding hydrogens is 158 g/mol. The van der Waals surface area contributed by atoms with Gasteiger partial charge in [-0.15, -0.1) is 0 Å². The van der Waals surface area contributed by atoms with Gasteiger partial charge in [0.15, 0.2) is 0 Å². The number of nitrogens with two attached hydrogens (primary N) is 1. The minimum absolute atomic E-state index is 0.528. The summed E-state index contributed by atoms with van der Waals surface area (Å²) >= 11 is 0. The first-order valence-corrected chi connectivity index (χ1v) is 6.12. The van der Waals surface area contributed by atoms with Crippen molar-refractivity contribution in [2.75, 3.05) is 0 Å². The van der Waals surface area contributed by atoms with Crippen molar-refractivity contribution >= 4 is 0 Å². The predicted molar refractivity (Wildman–Crippen MR) is 56.5 cm³/mol. The highest BCUT2D eigenvalue weighted by Crippen LogP contribution is 2.37. The van der Waals surface area contributed by atoms with Gasteiger partial charge in [-0.3, -0.25) is 0 Å². The summed E-state index contributed by atoms with van der Waals surface area (Å²) in [5.74, 6) is 2.11. The second-order valence-corrected chi connectivity index (χ2v) is 5.07. The molecule has 0 unspecified atom stereocenters. The number of rotatable bonds is 1. The Morgan fingerprint density at radius 2 is 1.15 bits per heavy atom. The average molecular weight is 181 g/mol. The summed E-state index contributed by atoms with van der Waals surface area (Å²) in [5.41, 5.74) is 5.93. The fraction of sp³-hybridized carbons (Fsp3) is 1.00. The van der Waals surface area contributed by atoms with Crippen molar-refractivity contribution < 1.29 is 0 Å². The van der Waals surface area contributed by atoms with Crippen molar-refractivity contribution in [2.45, 2.75) is 63.8 Å². The highest BCUT2D eigenvalue weighted by molar-refractivity contribution is 4.80. The Hall–Kier alpha value is -0.0400. The van der Waals surface area contributed by atoms with Crippen molar-refractivity contribution in [3.8, 4) is 0 Å². The lowest BCUT2D eigenvalue weighted by Crippen LogP contribution is -2.30. The fourth-order valence-corrected chi connectivity index (χ4v) is 3.22. The SMILES string of the molecule is N[C@H]1CC[C@@H](C2CCCCC2)CC1. The molecule has 0 radical (unpaired) electrons. The normalized spacial score (nSPS) is 37.6. The Labute approximate surface area is 82.1 Å². The minimum atomic E-state index is 0.528. The molecule has 2 fully saturated rings. The lowest BCUT2D eigenvalue weighted by molar-refractivity contribution is 0.186. The molecule has 0 atom stereocenters. The summed E-state index contributed by atoms with van der Waals surface area (Å²) in [6.07, 6.45) is 12.9. The number of hydrogen-bond acceptors (Lipinski definition) is 1. The second kappa shape index (κ2) is 4.45. The Kier molecular flexibility index (Phi) is 3.26. The summed E-state index contributed by atoms with van der Waals surface area (Å²) in [6.45, 7) is 0. The third-order valence-corrected chi connectivity index (χ3v) is 4.13. The first kappa shape index (κ1) is 9.51. The van der Waals surface area contributed by atoms with Gasteiger partial charge >= 0.3 is 0 Å². The van der Waals surface area contributed by atoms with Gasteiger partial charge in [0.05, 0.1) is 0 Å². The van der Waals surface area contributed by atoms with E-state index in [1.807, 2.05) is 0 Å². The Morgan fingerprint density at radius 1 is 0.615 bits per heavy atom. The van der Waals surface area contributed by atoms with Crippen LogP contribution in [0.4, 0.5) is 0 Å². The van der Waals surface area contributed by atoms with Gasteiger partial charge < -0.3 is 5.73 Å². The lowest BCUT2D eigenvalue weighted by Gasteiger charge is -2.34. The topological polar surface area (TPSA) is 26.0 Å². The summed E-state index contributed by atoms with van der Waals surface area (Å²) < 4.78 is 0. The third kappa shape index (κ3) is 2.46. The Morgan fingerprint density at radius 3 is 1.77 bits per heavy atom. The van der Waals surface area contributed by atoms with Crippen LogP contribution in [0.15, 0.2) is 0 Å². The number of hydrogen-bond donors (Lipinski definition) is 1. The zero-order valence-corrected chi connectivity index (χ0v) is 8.67. The van der Waals surface area contributed by atoms with Crippen LogP contribution in [0, 0.1) is 11.8 Å². The summed E-state index contributed by atoms with van der Waals surface area (Å²) in [5, 5.41) is 0. The maximum absolute atomic E-state index is 5.93. The first-order valence-electron chi connectivity index (χ1n) is 6.12. The predicted octanol–water partition coefficient (Wildman–Crippen LogP) is 3.08. The fourth-order valence-electron chi connectivity index (χ4n) is 3.22. The van der Waals surface area contributed by atoms with Gasteiger partial charge in [-0.1, -0.05) is 32.1 Å².